The molecule has 0 unspecified atom stereocenters. The van der Waals surface area contributed by atoms with Gasteiger partial charge in [0.1, 0.15) is 0 Å². The minimum atomic E-state index is -4.39. The highest BCUT2D eigenvalue weighted by Gasteiger charge is 2.30. The molecule has 0 saturated heterocycles. The smallest absolute Gasteiger partial charge is 0.416 e. The van der Waals surface area contributed by atoms with Gasteiger partial charge in [0, 0.05) is 19.2 Å². The summed E-state index contributed by atoms with van der Waals surface area (Å²) in [4.78, 5) is 14.1. The molecule has 0 bridgehead atoms. The number of nitrogens with zero attached hydrogens (tertiary/aromatic N) is 1. The van der Waals surface area contributed by atoms with Crippen molar-refractivity contribution in [1.29, 1.82) is 0 Å². The summed E-state index contributed by atoms with van der Waals surface area (Å²) >= 11 is 0. The highest BCUT2D eigenvalue weighted by atomic mass is 19.4. The minimum Gasteiger partial charge on any atom is -0.493 e. The van der Waals surface area contributed by atoms with Crippen LogP contribution in [0.2, 0.25) is 0 Å². The number of hydrogen-bond donors (Lipinski definition) is 0. The Morgan fingerprint density at radius 2 is 1.48 bits per heavy atom. The summed E-state index contributed by atoms with van der Waals surface area (Å²) in [7, 11) is 5.90. The maximum atomic E-state index is 12.7. The Balaban J connectivity index is 2.22. The SMILES string of the molecule is COc1cc(C(=O)N(C)Cc2ccc(C(F)(F)F)cc2)cc(OC)c1OC. The summed E-state index contributed by atoms with van der Waals surface area (Å²) < 4.78 is 53.6. The first-order chi connectivity index (χ1) is 12.7. The number of ether oxygens (including phenoxy) is 3. The normalized spacial score (nSPS) is 11.1. The highest BCUT2D eigenvalue weighted by molar-refractivity contribution is 5.95. The molecule has 2 rings (SSSR count). The van der Waals surface area contributed by atoms with Gasteiger partial charge < -0.3 is 19.1 Å². The van der Waals surface area contributed by atoms with Crippen LogP contribution in [0.4, 0.5) is 13.2 Å². The van der Waals surface area contributed by atoms with E-state index in [1.54, 1.807) is 7.05 Å². The van der Waals surface area contributed by atoms with Gasteiger partial charge >= 0.3 is 6.18 Å². The number of carbonyl (C=O) groups is 1. The lowest BCUT2D eigenvalue weighted by molar-refractivity contribution is -0.137. The molecule has 0 N–H and O–H groups in total. The molecule has 5 nitrogen and oxygen atoms in total. The van der Waals surface area contributed by atoms with E-state index in [0.717, 1.165) is 12.1 Å². The summed E-state index contributed by atoms with van der Waals surface area (Å²) in [6, 6.07) is 7.73. The number of hydrogen-bond acceptors (Lipinski definition) is 4. The van der Waals surface area contributed by atoms with Crippen molar-refractivity contribution in [2.75, 3.05) is 28.4 Å². The van der Waals surface area contributed by atoms with Gasteiger partial charge in [-0.3, -0.25) is 4.79 Å². The molecular formula is C19H20F3NO4. The van der Waals surface area contributed by atoms with Crippen LogP contribution in [0.25, 0.3) is 0 Å². The fourth-order valence-corrected chi connectivity index (χ4v) is 2.57. The second-order valence-electron chi connectivity index (χ2n) is 5.77. The molecule has 146 valence electrons. The Labute approximate surface area is 155 Å². The summed E-state index contributed by atoms with van der Waals surface area (Å²) in [6.45, 7) is 0.146. The molecule has 0 fully saturated rings. The summed E-state index contributed by atoms with van der Waals surface area (Å²) in [5.41, 5.74) is 0.148. The minimum absolute atomic E-state index is 0.146. The fraction of sp³-hybridized carbons (Fsp3) is 0.316. The molecule has 1 amide bonds. The van der Waals surface area contributed by atoms with Crippen molar-refractivity contribution in [2.45, 2.75) is 12.7 Å². The van der Waals surface area contributed by atoms with Crippen LogP contribution in [0, 0.1) is 0 Å². The second kappa shape index (κ2) is 8.20. The van der Waals surface area contributed by atoms with Gasteiger partial charge in [0.15, 0.2) is 11.5 Å². The van der Waals surface area contributed by atoms with Crippen molar-refractivity contribution in [1.82, 2.24) is 4.90 Å². The standard InChI is InChI=1S/C19H20F3NO4/c1-23(11-12-5-7-14(8-6-12)19(20,21)22)18(24)13-9-15(25-2)17(27-4)16(10-13)26-3/h5-10H,11H2,1-4H3. The summed E-state index contributed by atoms with van der Waals surface area (Å²) in [6.07, 6.45) is -4.39. The fourth-order valence-electron chi connectivity index (χ4n) is 2.57. The quantitative estimate of drug-likeness (QED) is 0.757. The lowest BCUT2D eigenvalue weighted by Crippen LogP contribution is -2.26. The topological polar surface area (TPSA) is 48.0 Å². The maximum Gasteiger partial charge on any atom is 0.416 e. The van der Waals surface area contributed by atoms with Gasteiger partial charge in [0.2, 0.25) is 5.75 Å². The van der Waals surface area contributed by atoms with Crippen LogP contribution in [0.3, 0.4) is 0 Å². The molecule has 0 aliphatic carbocycles. The second-order valence-corrected chi connectivity index (χ2v) is 5.77. The molecule has 0 aliphatic rings. The first-order valence-corrected chi connectivity index (χ1v) is 7.92. The van der Waals surface area contributed by atoms with Crippen molar-refractivity contribution in [3.05, 3.63) is 53.1 Å². The van der Waals surface area contributed by atoms with Crippen LogP contribution >= 0.6 is 0 Å². The molecule has 0 spiro atoms. The zero-order chi connectivity index (χ0) is 20.2. The van der Waals surface area contributed by atoms with Gasteiger partial charge in [0.05, 0.1) is 26.9 Å². The Morgan fingerprint density at radius 1 is 0.963 bits per heavy atom. The maximum absolute atomic E-state index is 12.7. The van der Waals surface area contributed by atoms with E-state index in [9.17, 15) is 18.0 Å². The Kier molecular flexibility index (Phi) is 6.20. The third kappa shape index (κ3) is 4.64. The Bertz CT molecular complexity index is 779. The van der Waals surface area contributed by atoms with Gasteiger partial charge in [-0.2, -0.15) is 13.2 Å². The van der Waals surface area contributed by atoms with Crippen LogP contribution in [-0.4, -0.2) is 39.2 Å². The van der Waals surface area contributed by atoms with Crippen molar-refractivity contribution in [3.8, 4) is 17.2 Å². The Hall–Kier alpha value is -2.90. The van der Waals surface area contributed by atoms with Gasteiger partial charge in [-0.05, 0) is 29.8 Å². The summed E-state index contributed by atoms with van der Waals surface area (Å²) in [5.74, 6) is 0.697. The third-order valence-electron chi connectivity index (χ3n) is 3.96. The molecule has 2 aromatic rings. The lowest BCUT2D eigenvalue weighted by atomic mass is 10.1. The van der Waals surface area contributed by atoms with Crippen LogP contribution < -0.4 is 14.2 Å². The number of rotatable bonds is 6. The van der Waals surface area contributed by atoms with Crippen molar-refractivity contribution in [2.24, 2.45) is 0 Å². The first-order valence-electron chi connectivity index (χ1n) is 7.92. The molecule has 27 heavy (non-hydrogen) atoms. The molecule has 0 aliphatic heterocycles. The van der Waals surface area contributed by atoms with E-state index < -0.39 is 11.7 Å². The first kappa shape index (κ1) is 20.4. The van der Waals surface area contributed by atoms with E-state index >= 15 is 0 Å². The summed E-state index contributed by atoms with van der Waals surface area (Å²) in [5, 5.41) is 0. The highest BCUT2D eigenvalue weighted by Crippen LogP contribution is 2.38. The van der Waals surface area contributed by atoms with E-state index in [1.165, 1.54) is 50.5 Å². The third-order valence-corrected chi connectivity index (χ3v) is 3.96. The van der Waals surface area contributed by atoms with Crippen LogP contribution in [-0.2, 0) is 12.7 Å². The van der Waals surface area contributed by atoms with E-state index in [-0.39, 0.29) is 12.5 Å². The van der Waals surface area contributed by atoms with Crippen molar-refractivity contribution < 1.29 is 32.2 Å². The van der Waals surface area contributed by atoms with Crippen molar-refractivity contribution in [3.63, 3.8) is 0 Å². The molecule has 0 saturated carbocycles. The molecular weight excluding hydrogens is 363 g/mol. The lowest BCUT2D eigenvalue weighted by Gasteiger charge is -2.19. The van der Waals surface area contributed by atoms with Gasteiger partial charge in [-0.25, -0.2) is 0 Å². The number of halogens is 3. The van der Waals surface area contributed by atoms with Crippen LogP contribution in [0.1, 0.15) is 21.5 Å². The molecule has 0 atom stereocenters. The predicted octanol–water partition coefficient (Wildman–Crippen LogP) is 4.00. The monoisotopic (exact) mass is 383 g/mol. The zero-order valence-corrected chi connectivity index (χ0v) is 15.4. The Morgan fingerprint density at radius 3 is 1.89 bits per heavy atom. The molecule has 8 heteroatoms. The number of amides is 1. The number of alkyl halides is 3. The molecule has 0 heterocycles. The largest absolute Gasteiger partial charge is 0.493 e. The van der Waals surface area contributed by atoms with Gasteiger partial charge in [0.25, 0.3) is 5.91 Å². The van der Waals surface area contributed by atoms with E-state index in [0.29, 0.717) is 28.4 Å². The zero-order valence-electron chi connectivity index (χ0n) is 15.4. The molecule has 0 aromatic heterocycles. The molecule has 2 aromatic carbocycles. The van der Waals surface area contributed by atoms with Crippen LogP contribution in [0.15, 0.2) is 36.4 Å². The van der Waals surface area contributed by atoms with E-state index in [4.69, 9.17) is 14.2 Å². The van der Waals surface area contributed by atoms with Crippen molar-refractivity contribution >= 4 is 5.91 Å². The average molecular weight is 383 g/mol. The predicted molar refractivity (Wildman–Crippen MR) is 93.3 cm³/mol. The van der Waals surface area contributed by atoms with Gasteiger partial charge in [-0.1, -0.05) is 12.1 Å². The van der Waals surface area contributed by atoms with Crippen LogP contribution in [0.5, 0.6) is 17.2 Å². The van der Waals surface area contributed by atoms with E-state index in [2.05, 4.69) is 0 Å². The number of carbonyl (C=O) groups excluding carboxylic acids is 1. The average Bonchev–Trinajstić information content (AvgIpc) is 2.65. The number of methoxy groups -OCH3 is 3. The number of benzene rings is 2. The van der Waals surface area contributed by atoms with Gasteiger partial charge in [-0.15, -0.1) is 0 Å². The van der Waals surface area contributed by atoms with E-state index in [1.807, 2.05) is 0 Å². The molecule has 0 radical (unpaired) electrons.